The van der Waals surface area contributed by atoms with Crippen LogP contribution in [0.3, 0.4) is 0 Å². The van der Waals surface area contributed by atoms with Gasteiger partial charge in [-0.1, -0.05) is 48.5 Å². The first-order chi connectivity index (χ1) is 15.4. The number of imidazole rings is 1. The molecule has 0 aliphatic rings. The first kappa shape index (κ1) is 21.9. The van der Waals surface area contributed by atoms with E-state index in [0.717, 1.165) is 33.8 Å². The lowest BCUT2D eigenvalue weighted by Crippen LogP contribution is -2.30. The van der Waals surface area contributed by atoms with Gasteiger partial charge in [0.05, 0.1) is 5.41 Å². The highest BCUT2D eigenvalue weighted by molar-refractivity contribution is 6.19. The SMILES string of the molecule is Cc1cccn2c(NCc3ccccc3)c(-c3ccccc3OC(=O)C(C)(C)CCl)nc12. The molecule has 0 aliphatic heterocycles. The van der Waals surface area contributed by atoms with Gasteiger partial charge in [-0.15, -0.1) is 11.6 Å². The number of hydrogen-bond donors (Lipinski definition) is 1. The highest BCUT2D eigenvalue weighted by Gasteiger charge is 2.30. The Balaban J connectivity index is 1.79. The number of fused-ring (bicyclic) bond motifs is 1. The molecule has 0 amide bonds. The van der Waals surface area contributed by atoms with Gasteiger partial charge in [0.15, 0.2) is 0 Å². The van der Waals surface area contributed by atoms with Gasteiger partial charge in [0, 0.05) is 24.2 Å². The van der Waals surface area contributed by atoms with Crippen LogP contribution < -0.4 is 10.1 Å². The quantitative estimate of drug-likeness (QED) is 0.211. The normalized spacial score (nSPS) is 11.5. The summed E-state index contributed by atoms with van der Waals surface area (Å²) in [6, 6.07) is 21.7. The van der Waals surface area contributed by atoms with Crippen molar-refractivity contribution in [3.63, 3.8) is 0 Å². The number of carbonyl (C=O) groups excluding carboxylic acids is 1. The Morgan fingerprint density at radius 1 is 1.06 bits per heavy atom. The van der Waals surface area contributed by atoms with Crippen molar-refractivity contribution >= 4 is 29.0 Å². The van der Waals surface area contributed by atoms with Gasteiger partial charge in [0.2, 0.25) is 0 Å². The summed E-state index contributed by atoms with van der Waals surface area (Å²) in [5.74, 6) is 1.09. The number of hydrogen-bond acceptors (Lipinski definition) is 4. The first-order valence-electron chi connectivity index (χ1n) is 10.5. The molecule has 32 heavy (non-hydrogen) atoms. The number of nitrogens with zero attached hydrogens (tertiary/aromatic N) is 2. The lowest BCUT2D eigenvalue weighted by molar-refractivity contribution is -0.142. The van der Waals surface area contributed by atoms with Crippen molar-refractivity contribution in [1.82, 2.24) is 9.38 Å². The number of carbonyl (C=O) groups is 1. The van der Waals surface area contributed by atoms with Crippen LogP contribution in [0.5, 0.6) is 5.75 Å². The van der Waals surface area contributed by atoms with Gasteiger partial charge >= 0.3 is 5.97 Å². The molecule has 0 fully saturated rings. The van der Waals surface area contributed by atoms with Gasteiger partial charge in [0.25, 0.3) is 0 Å². The van der Waals surface area contributed by atoms with Crippen LogP contribution >= 0.6 is 11.6 Å². The van der Waals surface area contributed by atoms with E-state index in [-0.39, 0.29) is 11.8 Å². The number of halogens is 1. The molecule has 0 atom stereocenters. The van der Waals surface area contributed by atoms with Crippen molar-refractivity contribution in [3.05, 3.63) is 84.1 Å². The minimum Gasteiger partial charge on any atom is -0.425 e. The standard InChI is InChI=1S/C26H26ClN3O2/c1-18-10-9-15-30-23(18)29-22(24(30)28-16-19-11-5-4-6-12-19)20-13-7-8-14-21(20)32-25(31)26(2,3)17-27/h4-15,28H,16-17H2,1-3H3. The Hall–Kier alpha value is -3.31. The Labute approximate surface area is 193 Å². The van der Waals surface area contributed by atoms with Crippen molar-refractivity contribution < 1.29 is 9.53 Å². The van der Waals surface area contributed by atoms with Crippen LogP contribution in [0.2, 0.25) is 0 Å². The van der Waals surface area contributed by atoms with E-state index in [1.807, 2.05) is 66.1 Å². The number of alkyl halides is 1. The molecule has 164 valence electrons. The van der Waals surface area contributed by atoms with Crippen LogP contribution in [-0.4, -0.2) is 21.2 Å². The second-order valence-corrected chi connectivity index (χ2v) is 8.70. The van der Waals surface area contributed by atoms with Crippen molar-refractivity contribution in [3.8, 4) is 17.0 Å². The Morgan fingerprint density at radius 3 is 2.53 bits per heavy atom. The summed E-state index contributed by atoms with van der Waals surface area (Å²) in [5.41, 5.74) is 3.73. The fraction of sp³-hybridized carbons (Fsp3) is 0.231. The molecule has 0 aliphatic carbocycles. The van der Waals surface area contributed by atoms with E-state index in [4.69, 9.17) is 21.3 Å². The number of rotatable bonds is 7. The third-order valence-corrected chi connectivity index (χ3v) is 6.05. The number of pyridine rings is 1. The monoisotopic (exact) mass is 447 g/mol. The maximum Gasteiger partial charge on any atom is 0.318 e. The van der Waals surface area contributed by atoms with Crippen molar-refractivity contribution in [2.45, 2.75) is 27.3 Å². The summed E-state index contributed by atoms with van der Waals surface area (Å²) in [5, 5.41) is 3.54. The number of anilines is 1. The van der Waals surface area contributed by atoms with Gasteiger partial charge in [-0.3, -0.25) is 9.20 Å². The molecule has 0 saturated heterocycles. The molecule has 0 saturated carbocycles. The zero-order chi connectivity index (χ0) is 22.7. The summed E-state index contributed by atoms with van der Waals surface area (Å²) in [7, 11) is 0. The van der Waals surface area contributed by atoms with Gasteiger partial charge < -0.3 is 10.1 Å². The summed E-state index contributed by atoms with van der Waals surface area (Å²) < 4.78 is 7.84. The number of benzene rings is 2. The molecule has 2 heterocycles. The molecular formula is C26H26ClN3O2. The Bertz CT molecular complexity index is 1250. The van der Waals surface area contributed by atoms with Crippen LogP contribution in [0.4, 0.5) is 5.82 Å². The zero-order valence-electron chi connectivity index (χ0n) is 18.4. The summed E-state index contributed by atoms with van der Waals surface area (Å²) in [6.07, 6.45) is 1.98. The first-order valence-corrected chi connectivity index (χ1v) is 11.1. The zero-order valence-corrected chi connectivity index (χ0v) is 19.2. The summed E-state index contributed by atoms with van der Waals surface area (Å²) >= 11 is 5.98. The molecule has 1 N–H and O–H groups in total. The van der Waals surface area contributed by atoms with Gasteiger partial charge in [0.1, 0.15) is 22.9 Å². The topological polar surface area (TPSA) is 55.6 Å². The molecular weight excluding hydrogens is 422 g/mol. The van der Waals surface area contributed by atoms with Crippen molar-refractivity contribution in [1.29, 1.82) is 0 Å². The van der Waals surface area contributed by atoms with E-state index in [1.165, 1.54) is 0 Å². The largest absolute Gasteiger partial charge is 0.425 e. The average molecular weight is 448 g/mol. The van der Waals surface area contributed by atoms with E-state index in [1.54, 1.807) is 19.9 Å². The predicted molar refractivity (Wildman–Crippen MR) is 129 cm³/mol. The van der Waals surface area contributed by atoms with Crippen LogP contribution in [0.25, 0.3) is 16.9 Å². The second kappa shape index (κ2) is 9.05. The number of nitrogens with one attached hydrogen (secondary N) is 1. The fourth-order valence-corrected chi connectivity index (χ4v) is 3.50. The number of esters is 1. The second-order valence-electron chi connectivity index (χ2n) is 8.44. The van der Waals surface area contributed by atoms with Crippen molar-refractivity contribution in [2.75, 3.05) is 11.2 Å². The molecule has 5 nitrogen and oxygen atoms in total. The molecule has 0 radical (unpaired) electrons. The van der Waals surface area contributed by atoms with Crippen LogP contribution in [0.1, 0.15) is 25.0 Å². The lowest BCUT2D eigenvalue weighted by Gasteiger charge is -2.20. The third kappa shape index (κ3) is 4.34. The van der Waals surface area contributed by atoms with E-state index in [2.05, 4.69) is 17.4 Å². The lowest BCUT2D eigenvalue weighted by atomic mass is 9.97. The Kier molecular flexibility index (Phi) is 6.19. The van der Waals surface area contributed by atoms with E-state index >= 15 is 0 Å². The average Bonchev–Trinajstić information content (AvgIpc) is 3.18. The minimum absolute atomic E-state index is 0.172. The van der Waals surface area contributed by atoms with Crippen LogP contribution in [0.15, 0.2) is 72.9 Å². The van der Waals surface area contributed by atoms with Crippen LogP contribution in [0, 0.1) is 12.3 Å². The maximum absolute atomic E-state index is 12.7. The maximum atomic E-state index is 12.7. The molecule has 2 aromatic heterocycles. The molecule has 0 bridgehead atoms. The van der Waals surface area contributed by atoms with E-state index in [0.29, 0.717) is 12.3 Å². The van der Waals surface area contributed by atoms with E-state index < -0.39 is 5.41 Å². The van der Waals surface area contributed by atoms with Gasteiger partial charge in [-0.2, -0.15) is 0 Å². The number of aryl methyl sites for hydroxylation is 1. The fourth-order valence-electron chi connectivity index (χ4n) is 3.39. The third-order valence-electron chi connectivity index (χ3n) is 5.38. The van der Waals surface area contributed by atoms with Gasteiger partial charge in [-0.25, -0.2) is 4.98 Å². The number of ether oxygens (including phenoxy) is 1. The van der Waals surface area contributed by atoms with Gasteiger partial charge in [-0.05, 0) is 50.1 Å². The predicted octanol–water partition coefficient (Wildman–Crippen LogP) is 6.09. The van der Waals surface area contributed by atoms with E-state index in [9.17, 15) is 4.79 Å². The summed E-state index contributed by atoms with van der Waals surface area (Å²) in [6.45, 7) is 6.21. The summed E-state index contributed by atoms with van der Waals surface area (Å²) in [4.78, 5) is 17.7. The van der Waals surface area contributed by atoms with Crippen molar-refractivity contribution in [2.24, 2.45) is 5.41 Å². The smallest absolute Gasteiger partial charge is 0.318 e. The molecule has 2 aromatic carbocycles. The molecule has 4 aromatic rings. The van der Waals surface area contributed by atoms with Crippen LogP contribution in [-0.2, 0) is 11.3 Å². The highest BCUT2D eigenvalue weighted by Crippen LogP contribution is 2.37. The highest BCUT2D eigenvalue weighted by atomic mass is 35.5. The molecule has 0 unspecified atom stereocenters. The molecule has 4 rings (SSSR count). The molecule has 0 spiro atoms. The minimum atomic E-state index is -0.793. The number of aromatic nitrogens is 2. The Morgan fingerprint density at radius 2 is 1.78 bits per heavy atom. The molecule has 6 heteroatoms. The number of para-hydroxylation sites is 1.